The van der Waals surface area contributed by atoms with Crippen LogP contribution in [0.25, 0.3) is 0 Å². The molecular formula is C19H31N3O2. The Kier molecular flexibility index (Phi) is 6.63. The van der Waals surface area contributed by atoms with E-state index in [9.17, 15) is 9.90 Å². The molecule has 0 radical (unpaired) electrons. The topological polar surface area (TPSA) is 55.8 Å². The number of hydrogen-bond acceptors (Lipinski definition) is 3. The van der Waals surface area contributed by atoms with Crippen LogP contribution in [0, 0.1) is 5.41 Å². The van der Waals surface area contributed by atoms with Gasteiger partial charge in [0.05, 0.1) is 0 Å². The molecule has 1 aliphatic rings. The van der Waals surface area contributed by atoms with Crippen LogP contribution in [0.4, 0.5) is 4.79 Å². The Morgan fingerprint density at radius 1 is 1.25 bits per heavy atom. The van der Waals surface area contributed by atoms with Gasteiger partial charge >= 0.3 is 6.03 Å². The van der Waals surface area contributed by atoms with Crippen LogP contribution in [0.3, 0.4) is 0 Å². The molecule has 0 saturated carbocycles. The van der Waals surface area contributed by atoms with Gasteiger partial charge in [0.15, 0.2) is 0 Å². The zero-order chi connectivity index (χ0) is 17.6. The van der Waals surface area contributed by atoms with Crippen LogP contribution in [0.5, 0.6) is 0 Å². The van der Waals surface area contributed by atoms with Crippen LogP contribution < -0.4 is 5.32 Å². The average Bonchev–Trinajstić information content (AvgIpc) is 2.60. The van der Waals surface area contributed by atoms with E-state index in [-0.39, 0.29) is 18.1 Å². The number of nitrogens with zero attached hydrogens (tertiary/aromatic N) is 2. The highest BCUT2D eigenvalue weighted by Crippen LogP contribution is 2.34. The molecule has 1 heterocycles. The van der Waals surface area contributed by atoms with E-state index in [0.717, 1.165) is 44.5 Å². The molecule has 5 heteroatoms. The first-order valence-electron chi connectivity index (χ1n) is 8.85. The van der Waals surface area contributed by atoms with Crippen LogP contribution in [-0.4, -0.2) is 54.7 Å². The SMILES string of the molecule is CCC1(CO)CCN(C(=O)NCc2ccccc2CN(C)C)CC1. The number of aliphatic hydroxyl groups is 1. The monoisotopic (exact) mass is 333 g/mol. The maximum absolute atomic E-state index is 12.4. The Morgan fingerprint density at radius 2 is 1.88 bits per heavy atom. The third-order valence-corrected chi connectivity index (χ3v) is 5.23. The van der Waals surface area contributed by atoms with Gasteiger partial charge in [-0.05, 0) is 49.9 Å². The molecule has 0 spiro atoms. The quantitative estimate of drug-likeness (QED) is 0.841. The first-order chi connectivity index (χ1) is 11.5. The Bertz CT molecular complexity index is 531. The molecule has 1 aromatic rings. The fraction of sp³-hybridized carbons (Fsp3) is 0.632. The molecule has 134 valence electrons. The lowest BCUT2D eigenvalue weighted by atomic mass is 9.77. The fourth-order valence-electron chi connectivity index (χ4n) is 3.32. The van der Waals surface area contributed by atoms with Crippen LogP contribution in [0.15, 0.2) is 24.3 Å². The molecule has 0 bridgehead atoms. The molecule has 0 aliphatic carbocycles. The minimum absolute atomic E-state index is 0.00250. The molecule has 1 saturated heterocycles. The van der Waals surface area contributed by atoms with Gasteiger partial charge in [-0.15, -0.1) is 0 Å². The lowest BCUT2D eigenvalue weighted by molar-refractivity contribution is 0.0519. The number of aliphatic hydroxyl groups excluding tert-OH is 1. The summed E-state index contributed by atoms with van der Waals surface area (Å²) in [6.07, 6.45) is 2.73. The van der Waals surface area contributed by atoms with Crippen LogP contribution in [0.2, 0.25) is 0 Å². The van der Waals surface area contributed by atoms with Crippen LogP contribution in [-0.2, 0) is 13.1 Å². The minimum Gasteiger partial charge on any atom is -0.396 e. The van der Waals surface area contributed by atoms with E-state index in [1.54, 1.807) is 0 Å². The lowest BCUT2D eigenvalue weighted by Crippen LogP contribution is -2.48. The van der Waals surface area contributed by atoms with Crippen molar-refractivity contribution in [2.75, 3.05) is 33.8 Å². The van der Waals surface area contributed by atoms with Crippen molar-refractivity contribution >= 4 is 6.03 Å². The largest absolute Gasteiger partial charge is 0.396 e. The lowest BCUT2D eigenvalue weighted by Gasteiger charge is -2.40. The molecule has 2 rings (SSSR count). The summed E-state index contributed by atoms with van der Waals surface area (Å²) in [5.41, 5.74) is 2.41. The van der Waals surface area contributed by atoms with Gasteiger partial charge < -0.3 is 20.2 Å². The van der Waals surface area contributed by atoms with Gasteiger partial charge in [0.2, 0.25) is 0 Å². The average molecular weight is 333 g/mol. The predicted octanol–water partition coefficient (Wildman–Crippen LogP) is 2.44. The van der Waals surface area contributed by atoms with Gasteiger partial charge in [-0.3, -0.25) is 0 Å². The van der Waals surface area contributed by atoms with Crippen molar-refractivity contribution in [2.45, 2.75) is 39.3 Å². The molecule has 5 nitrogen and oxygen atoms in total. The van der Waals surface area contributed by atoms with Gasteiger partial charge in [0, 0.05) is 32.8 Å². The van der Waals surface area contributed by atoms with E-state index in [4.69, 9.17) is 0 Å². The van der Waals surface area contributed by atoms with Gasteiger partial charge in [0.25, 0.3) is 0 Å². The van der Waals surface area contributed by atoms with Crippen molar-refractivity contribution in [3.8, 4) is 0 Å². The Hall–Kier alpha value is -1.59. The number of urea groups is 1. The summed E-state index contributed by atoms with van der Waals surface area (Å²) in [7, 11) is 4.09. The first kappa shape index (κ1) is 18.7. The number of benzene rings is 1. The molecule has 24 heavy (non-hydrogen) atoms. The number of carbonyl (C=O) groups excluding carboxylic acids is 1. The molecule has 2 N–H and O–H groups in total. The second kappa shape index (κ2) is 8.49. The number of amides is 2. The standard InChI is InChI=1S/C19H31N3O2/c1-4-19(15-23)9-11-22(12-10-19)18(24)20-13-16-7-5-6-8-17(16)14-21(2)3/h5-8,23H,4,9-15H2,1-3H3,(H,20,24). The fourth-order valence-corrected chi connectivity index (χ4v) is 3.32. The minimum atomic E-state index is -0.00250. The van der Waals surface area contributed by atoms with Crippen molar-refractivity contribution in [3.05, 3.63) is 35.4 Å². The Morgan fingerprint density at radius 3 is 2.42 bits per heavy atom. The smallest absolute Gasteiger partial charge is 0.317 e. The van der Waals surface area contributed by atoms with E-state index in [0.29, 0.717) is 6.54 Å². The molecule has 0 atom stereocenters. The predicted molar refractivity (Wildman–Crippen MR) is 96.7 cm³/mol. The molecule has 1 aromatic carbocycles. The van der Waals surface area contributed by atoms with E-state index < -0.39 is 0 Å². The normalized spacial score (nSPS) is 17.1. The highest BCUT2D eigenvalue weighted by Gasteiger charge is 2.33. The third-order valence-electron chi connectivity index (χ3n) is 5.23. The number of hydrogen-bond donors (Lipinski definition) is 2. The first-order valence-corrected chi connectivity index (χ1v) is 8.85. The highest BCUT2D eigenvalue weighted by molar-refractivity contribution is 5.74. The van der Waals surface area contributed by atoms with Gasteiger partial charge in [-0.25, -0.2) is 4.79 Å². The summed E-state index contributed by atoms with van der Waals surface area (Å²) in [4.78, 5) is 16.4. The Balaban J connectivity index is 1.88. The number of rotatable bonds is 6. The van der Waals surface area contributed by atoms with Gasteiger partial charge in [-0.2, -0.15) is 0 Å². The molecule has 1 aliphatic heterocycles. The highest BCUT2D eigenvalue weighted by atomic mass is 16.3. The molecule has 0 unspecified atom stereocenters. The summed E-state index contributed by atoms with van der Waals surface area (Å²) in [6.45, 7) is 5.20. The van der Waals surface area contributed by atoms with Crippen LogP contribution >= 0.6 is 0 Å². The summed E-state index contributed by atoms with van der Waals surface area (Å²) >= 11 is 0. The number of piperidine rings is 1. The van der Waals surface area contributed by atoms with E-state index >= 15 is 0 Å². The molecular weight excluding hydrogens is 302 g/mol. The van der Waals surface area contributed by atoms with Gasteiger partial charge in [-0.1, -0.05) is 31.2 Å². The zero-order valence-corrected chi connectivity index (χ0v) is 15.2. The summed E-state index contributed by atoms with van der Waals surface area (Å²) < 4.78 is 0. The van der Waals surface area contributed by atoms with Gasteiger partial charge in [0.1, 0.15) is 0 Å². The van der Waals surface area contributed by atoms with E-state index in [1.807, 2.05) is 31.1 Å². The van der Waals surface area contributed by atoms with E-state index in [1.165, 1.54) is 5.56 Å². The van der Waals surface area contributed by atoms with Crippen LogP contribution in [0.1, 0.15) is 37.3 Å². The molecule has 0 aromatic heterocycles. The zero-order valence-electron chi connectivity index (χ0n) is 15.2. The number of nitrogens with one attached hydrogen (secondary N) is 1. The summed E-state index contributed by atoms with van der Waals surface area (Å²) in [5, 5.41) is 12.6. The molecule has 2 amide bonds. The summed E-state index contributed by atoms with van der Waals surface area (Å²) in [5.74, 6) is 0. The second-order valence-corrected chi connectivity index (χ2v) is 7.16. The Labute approximate surface area is 145 Å². The summed E-state index contributed by atoms with van der Waals surface area (Å²) in [6, 6.07) is 8.23. The van der Waals surface area contributed by atoms with E-state index in [2.05, 4.69) is 29.3 Å². The second-order valence-electron chi connectivity index (χ2n) is 7.16. The number of carbonyl (C=O) groups is 1. The third kappa shape index (κ3) is 4.71. The van der Waals surface area contributed by atoms with Crippen molar-refractivity contribution in [2.24, 2.45) is 5.41 Å². The van der Waals surface area contributed by atoms with Crippen molar-refractivity contribution in [3.63, 3.8) is 0 Å². The van der Waals surface area contributed by atoms with Crippen molar-refractivity contribution < 1.29 is 9.90 Å². The maximum Gasteiger partial charge on any atom is 0.317 e. The molecule has 1 fully saturated rings. The van der Waals surface area contributed by atoms with Crippen molar-refractivity contribution in [1.82, 2.24) is 15.1 Å². The number of likely N-dealkylation sites (tertiary alicyclic amines) is 1. The van der Waals surface area contributed by atoms with Crippen molar-refractivity contribution in [1.29, 1.82) is 0 Å². The maximum atomic E-state index is 12.4.